The maximum Gasteiger partial charge on any atom is 0.293 e. The molecule has 194 valence electrons. The van der Waals surface area contributed by atoms with Crippen molar-refractivity contribution in [3.05, 3.63) is 91.3 Å². The predicted octanol–water partition coefficient (Wildman–Crippen LogP) is 5.80. The molecule has 0 atom stereocenters. The van der Waals surface area contributed by atoms with E-state index >= 15 is 0 Å². The van der Waals surface area contributed by atoms with Crippen LogP contribution in [0.2, 0.25) is 5.02 Å². The van der Waals surface area contributed by atoms with Crippen LogP contribution in [0.25, 0.3) is 6.08 Å². The monoisotopic (exact) mass is 554 g/mol. The van der Waals surface area contributed by atoms with Gasteiger partial charge in [0, 0.05) is 23.2 Å². The zero-order valence-corrected chi connectivity index (χ0v) is 21.4. The number of nitrogens with zero attached hydrogens (tertiary/aromatic N) is 2. The lowest BCUT2D eigenvalue weighted by Crippen LogP contribution is -2.27. The fraction of sp³-hybridized carbons (Fsp3) is 0.154. The Morgan fingerprint density at radius 2 is 1.89 bits per heavy atom. The summed E-state index contributed by atoms with van der Waals surface area (Å²) in [5.74, 6) is 1.39. The standard InChI is InChI=1S/C26H19ClN2O8S/c1-34-21-8-15(5-6-20(21)35-13-16-3-2-4-18(7-16)29(32)33)9-24-25(30)28(26(31)38-24)12-17-10-22-23(11-19(17)27)37-14-36-22/h2-11H,12-14H2,1H3/b24-9+. The minimum atomic E-state index is -0.468. The molecule has 0 unspecified atom stereocenters. The quantitative estimate of drug-likeness (QED) is 0.193. The molecule has 2 heterocycles. The number of nitro groups is 1. The first kappa shape index (κ1) is 25.4. The molecule has 2 amide bonds. The van der Waals surface area contributed by atoms with Gasteiger partial charge in [-0.3, -0.25) is 24.6 Å². The Kier molecular flexibility index (Phi) is 7.12. The smallest absolute Gasteiger partial charge is 0.293 e. The van der Waals surface area contributed by atoms with Crippen LogP contribution in [0.1, 0.15) is 16.7 Å². The van der Waals surface area contributed by atoms with Gasteiger partial charge in [0.1, 0.15) is 6.61 Å². The summed E-state index contributed by atoms with van der Waals surface area (Å²) in [5.41, 5.74) is 1.78. The van der Waals surface area contributed by atoms with Crippen molar-refractivity contribution in [3.63, 3.8) is 0 Å². The molecule has 0 N–H and O–H groups in total. The SMILES string of the molecule is COc1cc(/C=C2/SC(=O)N(Cc3cc4c(cc3Cl)OCO4)C2=O)ccc1OCc1cccc([N+](=O)[O-])c1. The van der Waals surface area contributed by atoms with Gasteiger partial charge in [0.05, 0.1) is 23.5 Å². The van der Waals surface area contributed by atoms with Crippen LogP contribution in [-0.4, -0.2) is 34.9 Å². The van der Waals surface area contributed by atoms with Gasteiger partial charge in [-0.15, -0.1) is 0 Å². The van der Waals surface area contributed by atoms with Gasteiger partial charge >= 0.3 is 0 Å². The average molecular weight is 555 g/mol. The highest BCUT2D eigenvalue weighted by Gasteiger charge is 2.35. The number of hydrogen-bond donors (Lipinski definition) is 0. The molecular weight excluding hydrogens is 536 g/mol. The predicted molar refractivity (Wildman–Crippen MR) is 140 cm³/mol. The molecule has 38 heavy (non-hydrogen) atoms. The normalized spacial score (nSPS) is 15.3. The average Bonchev–Trinajstić information content (AvgIpc) is 3.47. The van der Waals surface area contributed by atoms with Crippen molar-refractivity contribution < 1.29 is 33.5 Å². The van der Waals surface area contributed by atoms with Crippen LogP contribution < -0.4 is 18.9 Å². The van der Waals surface area contributed by atoms with E-state index in [1.54, 1.807) is 48.5 Å². The van der Waals surface area contributed by atoms with Gasteiger partial charge in [0.25, 0.3) is 16.8 Å². The number of imide groups is 1. The second-order valence-electron chi connectivity index (χ2n) is 8.19. The molecule has 3 aromatic rings. The first-order chi connectivity index (χ1) is 18.3. The van der Waals surface area contributed by atoms with Gasteiger partial charge in [-0.2, -0.15) is 0 Å². The molecule has 0 aliphatic carbocycles. The van der Waals surface area contributed by atoms with Crippen molar-refractivity contribution in [1.29, 1.82) is 0 Å². The van der Waals surface area contributed by atoms with Gasteiger partial charge in [-0.25, -0.2) is 0 Å². The largest absolute Gasteiger partial charge is 0.493 e. The summed E-state index contributed by atoms with van der Waals surface area (Å²) in [5, 5.41) is 10.9. The Balaban J connectivity index is 1.30. The summed E-state index contributed by atoms with van der Waals surface area (Å²) in [7, 11) is 1.47. The van der Waals surface area contributed by atoms with E-state index in [1.807, 2.05) is 0 Å². The van der Waals surface area contributed by atoms with Gasteiger partial charge in [-0.1, -0.05) is 29.8 Å². The fourth-order valence-corrected chi connectivity index (χ4v) is 4.90. The van der Waals surface area contributed by atoms with Crippen LogP contribution >= 0.6 is 23.4 Å². The topological polar surface area (TPSA) is 117 Å². The third-order valence-electron chi connectivity index (χ3n) is 5.74. The van der Waals surface area contributed by atoms with Crippen LogP contribution in [-0.2, 0) is 17.9 Å². The maximum absolute atomic E-state index is 13.0. The zero-order chi connectivity index (χ0) is 26.8. The van der Waals surface area contributed by atoms with E-state index in [9.17, 15) is 19.7 Å². The first-order valence-corrected chi connectivity index (χ1v) is 12.4. The van der Waals surface area contributed by atoms with Crippen molar-refractivity contribution >= 4 is 46.3 Å². The number of thioether (sulfide) groups is 1. The molecule has 0 bridgehead atoms. The fourth-order valence-electron chi connectivity index (χ4n) is 3.85. The highest BCUT2D eigenvalue weighted by molar-refractivity contribution is 8.18. The summed E-state index contributed by atoms with van der Waals surface area (Å²) < 4.78 is 21.9. The molecule has 10 nitrogen and oxygen atoms in total. The highest BCUT2D eigenvalue weighted by atomic mass is 35.5. The van der Waals surface area contributed by atoms with Crippen LogP contribution in [0.15, 0.2) is 59.5 Å². The number of non-ortho nitro benzene ring substituents is 1. The molecule has 1 fully saturated rings. The van der Waals surface area contributed by atoms with Crippen LogP contribution in [0.5, 0.6) is 23.0 Å². The van der Waals surface area contributed by atoms with Gasteiger partial charge in [0.2, 0.25) is 6.79 Å². The van der Waals surface area contributed by atoms with Crippen molar-refractivity contribution in [1.82, 2.24) is 4.90 Å². The van der Waals surface area contributed by atoms with Gasteiger partial charge < -0.3 is 18.9 Å². The number of amides is 2. The Hall–Kier alpha value is -4.22. The van der Waals surface area contributed by atoms with Gasteiger partial charge in [0.15, 0.2) is 23.0 Å². The Bertz CT molecular complexity index is 1490. The number of carbonyl (C=O) groups excluding carboxylic acids is 2. The highest BCUT2D eigenvalue weighted by Crippen LogP contribution is 2.40. The van der Waals surface area contributed by atoms with Crippen LogP contribution in [0.4, 0.5) is 10.5 Å². The Morgan fingerprint density at radius 3 is 2.66 bits per heavy atom. The number of ether oxygens (including phenoxy) is 4. The maximum atomic E-state index is 13.0. The number of hydrogen-bond acceptors (Lipinski definition) is 9. The number of carbonyl (C=O) groups is 2. The molecular formula is C26H19ClN2O8S. The third-order valence-corrected chi connectivity index (χ3v) is 7.00. The molecule has 3 aromatic carbocycles. The number of nitro benzene ring substituents is 1. The lowest BCUT2D eigenvalue weighted by Gasteiger charge is -2.14. The molecule has 0 saturated carbocycles. The van der Waals surface area contributed by atoms with E-state index in [0.717, 1.165) is 16.7 Å². The molecule has 12 heteroatoms. The molecule has 0 radical (unpaired) electrons. The molecule has 0 aromatic heterocycles. The van der Waals surface area contributed by atoms with E-state index in [2.05, 4.69) is 0 Å². The lowest BCUT2D eigenvalue weighted by atomic mass is 10.1. The van der Waals surface area contributed by atoms with Crippen LogP contribution in [0.3, 0.4) is 0 Å². The second-order valence-corrected chi connectivity index (χ2v) is 9.59. The Labute approximate surface area is 225 Å². The minimum Gasteiger partial charge on any atom is -0.493 e. The summed E-state index contributed by atoms with van der Waals surface area (Å²) in [6.45, 7) is 0.172. The third kappa shape index (κ3) is 5.24. The summed E-state index contributed by atoms with van der Waals surface area (Å²) in [6.07, 6.45) is 1.60. The molecule has 0 spiro atoms. The van der Waals surface area contributed by atoms with E-state index in [4.69, 9.17) is 30.5 Å². The van der Waals surface area contributed by atoms with Crippen molar-refractivity contribution in [2.45, 2.75) is 13.2 Å². The van der Waals surface area contributed by atoms with E-state index in [-0.39, 0.29) is 30.5 Å². The number of rotatable bonds is 8. The zero-order valence-electron chi connectivity index (χ0n) is 19.8. The Morgan fingerprint density at radius 1 is 1.11 bits per heavy atom. The first-order valence-electron chi connectivity index (χ1n) is 11.2. The van der Waals surface area contributed by atoms with Crippen molar-refractivity contribution in [2.24, 2.45) is 0 Å². The number of fused-ring (bicyclic) bond motifs is 1. The van der Waals surface area contributed by atoms with E-state index < -0.39 is 16.1 Å². The minimum absolute atomic E-state index is 0.00870. The van der Waals surface area contributed by atoms with E-state index in [1.165, 1.54) is 19.2 Å². The molecule has 5 rings (SSSR count). The van der Waals surface area contributed by atoms with Crippen LogP contribution in [0, 0.1) is 10.1 Å². The van der Waals surface area contributed by atoms with Crippen molar-refractivity contribution in [2.75, 3.05) is 13.9 Å². The summed E-state index contributed by atoms with van der Waals surface area (Å²) >= 11 is 7.15. The lowest BCUT2D eigenvalue weighted by molar-refractivity contribution is -0.384. The van der Waals surface area contributed by atoms with Crippen molar-refractivity contribution in [3.8, 4) is 23.0 Å². The number of halogens is 1. The molecule has 1 saturated heterocycles. The number of benzene rings is 3. The molecule has 2 aliphatic rings. The summed E-state index contributed by atoms with van der Waals surface area (Å²) in [4.78, 5) is 37.6. The van der Waals surface area contributed by atoms with Gasteiger partial charge in [-0.05, 0) is 52.7 Å². The van der Waals surface area contributed by atoms with E-state index in [0.29, 0.717) is 44.7 Å². The number of methoxy groups -OCH3 is 1. The summed E-state index contributed by atoms with van der Waals surface area (Å²) in [6, 6.07) is 14.5. The second kappa shape index (κ2) is 10.6. The molecule has 2 aliphatic heterocycles.